The van der Waals surface area contributed by atoms with Crippen molar-refractivity contribution in [2.75, 3.05) is 12.4 Å². The lowest BCUT2D eigenvalue weighted by Gasteiger charge is -2.11. The third-order valence-corrected chi connectivity index (χ3v) is 2.76. The van der Waals surface area contributed by atoms with E-state index in [4.69, 9.17) is 4.74 Å². The number of amides is 1. The molecule has 1 aromatic carbocycles. The van der Waals surface area contributed by atoms with E-state index in [2.05, 4.69) is 5.32 Å². The van der Waals surface area contributed by atoms with E-state index < -0.39 is 4.92 Å². The number of hydrogen-bond acceptors (Lipinski definition) is 4. The van der Waals surface area contributed by atoms with Gasteiger partial charge in [0.25, 0.3) is 5.69 Å². The molecule has 0 bridgehead atoms. The summed E-state index contributed by atoms with van der Waals surface area (Å²) in [4.78, 5) is 21.9. The maximum absolute atomic E-state index is 11.5. The highest BCUT2D eigenvalue weighted by atomic mass is 16.6. The fourth-order valence-corrected chi connectivity index (χ4v) is 1.97. The summed E-state index contributed by atoms with van der Waals surface area (Å²) in [7, 11) is 1.47. The summed E-state index contributed by atoms with van der Waals surface area (Å²) in [6, 6.07) is 2.91. The lowest BCUT2D eigenvalue weighted by molar-refractivity contribution is -0.385. The smallest absolute Gasteiger partial charge is 0.274 e. The second kappa shape index (κ2) is 4.40. The Labute approximate surface area is 97.7 Å². The monoisotopic (exact) mass is 236 g/mol. The van der Waals surface area contributed by atoms with E-state index in [1.54, 1.807) is 0 Å². The second-order valence-corrected chi connectivity index (χ2v) is 3.80. The van der Waals surface area contributed by atoms with E-state index >= 15 is 0 Å². The van der Waals surface area contributed by atoms with Gasteiger partial charge in [-0.15, -0.1) is 0 Å². The molecule has 1 heterocycles. The highest BCUT2D eigenvalue weighted by Crippen LogP contribution is 2.37. The highest BCUT2D eigenvalue weighted by Gasteiger charge is 2.24. The second-order valence-electron chi connectivity index (χ2n) is 3.80. The lowest BCUT2D eigenvalue weighted by atomic mass is 10.0. The number of nitrogens with zero attached hydrogens (tertiary/aromatic N) is 1. The summed E-state index contributed by atoms with van der Waals surface area (Å²) in [6.45, 7) is 0. The first kappa shape index (κ1) is 11.4. The normalized spacial score (nSPS) is 14.5. The number of rotatable bonds is 2. The van der Waals surface area contributed by atoms with Crippen LogP contribution in [0.4, 0.5) is 11.4 Å². The number of nitro groups is 1. The molecule has 1 aliphatic rings. The van der Waals surface area contributed by atoms with Crippen LogP contribution in [0.2, 0.25) is 0 Å². The lowest BCUT2D eigenvalue weighted by Crippen LogP contribution is -2.10. The van der Waals surface area contributed by atoms with Crippen LogP contribution in [0.25, 0.3) is 0 Å². The van der Waals surface area contributed by atoms with E-state index in [-0.39, 0.29) is 11.6 Å². The van der Waals surface area contributed by atoms with E-state index in [9.17, 15) is 14.9 Å². The number of methoxy groups -OCH3 is 1. The molecule has 90 valence electrons. The average molecular weight is 236 g/mol. The van der Waals surface area contributed by atoms with Crippen LogP contribution in [0.3, 0.4) is 0 Å². The Balaban J connectivity index is 2.60. The Bertz CT molecular complexity index is 485. The van der Waals surface area contributed by atoms with Crippen molar-refractivity contribution >= 4 is 17.3 Å². The van der Waals surface area contributed by atoms with Crippen molar-refractivity contribution in [2.24, 2.45) is 0 Å². The molecule has 6 nitrogen and oxygen atoms in total. The number of anilines is 1. The molecule has 0 atom stereocenters. The number of fused-ring (bicyclic) bond motifs is 1. The van der Waals surface area contributed by atoms with Crippen LogP contribution < -0.4 is 10.1 Å². The van der Waals surface area contributed by atoms with Crippen molar-refractivity contribution in [1.29, 1.82) is 0 Å². The van der Waals surface area contributed by atoms with Crippen LogP contribution in [0.5, 0.6) is 5.75 Å². The number of nitrogens with one attached hydrogen (secondary N) is 1. The molecule has 0 saturated heterocycles. The van der Waals surface area contributed by atoms with E-state index in [0.717, 1.165) is 0 Å². The summed E-state index contributed by atoms with van der Waals surface area (Å²) in [6.07, 6.45) is 1.48. The Morgan fingerprint density at radius 3 is 2.82 bits per heavy atom. The summed E-state index contributed by atoms with van der Waals surface area (Å²) in [5.41, 5.74) is 1.01. The maximum Gasteiger partial charge on any atom is 0.274 e. The molecule has 17 heavy (non-hydrogen) atoms. The van der Waals surface area contributed by atoms with E-state index in [0.29, 0.717) is 36.3 Å². The van der Waals surface area contributed by atoms with Gasteiger partial charge in [0.05, 0.1) is 23.3 Å². The number of benzene rings is 1. The first-order valence-corrected chi connectivity index (χ1v) is 5.27. The van der Waals surface area contributed by atoms with E-state index in [1.165, 1.54) is 19.2 Å². The minimum absolute atomic E-state index is 0.0306. The van der Waals surface area contributed by atoms with Crippen molar-refractivity contribution in [3.8, 4) is 5.75 Å². The maximum atomic E-state index is 11.5. The molecule has 0 aromatic heterocycles. The first-order chi connectivity index (χ1) is 8.13. The van der Waals surface area contributed by atoms with Gasteiger partial charge in [0.15, 0.2) is 0 Å². The van der Waals surface area contributed by atoms with Crippen LogP contribution in [0, 0.1) is 10.1 Å². The van der Waals surface area contributed by atoms with Crippen molar-refractivity contribution in [2.45, 2.75) is 19.3 Å². The number of nitro benzene ring substituents is 1. The average Bonchev–Trinajstić information content (AvgIpc) is 2.48. The number of ether oxygens (including phenoxy) is 1. The quantitative estimate of drug-likeness (QED) is 0.627. The summed E-state index contributed by atoms with van der Waals surface area (Å²) in [5, 5.41) is 13.6. The van der Waals surface area contributed by atoms with Gasteiger partial charge in [0, 0.05) is 12.5 Å². The Morgan fingerprint density at radius 2 is 2.18 bits per heavy atom. The Morgan fingerprint density at radius 1 is 1.41 bits per heavy atom. The third-order valence-electron chi connectivity index (χ3n) is 2.76. The predicted molar refractivity (Wildman–Crippen MR) is 61.2 cm³/mol. The molecule has 1 aliphatic heterocycles. The van der Waals surface area contributed by atoms with Gasteiger partial charge in [0.1, 0.15) is 5.75 Å². The molecule has 6 heteroatoms. The predicted octanol–water partition coefficient (Wildman–Crippen LogP) is 1.88. The first-order valence-electron chi connectivity index (χ1n) is 5.27. The van der Waals surface area contributed by atoms with Gasteiger partial charge in [-0.1, -0.05) is 0 Å². The molecule has 0 radical (unpaired) electrons. The van der Waals surface area contributed by atoms with Crippen molar-refractivity contribution in [3.05, 3.63) is 27.8 Å². The fraction of sp³-hybridized carbons (Fsp3) is 0.364. The molecule has 2 rings (SSSR count). The molecule has 0 aliphatic carbocycles. The molecule has 1 aromatic rings. The van der Waals surface area contributed by atoms with Crippen LogP contribution in [-0.4, -0.2) is 17.9 Å². The summed E-state index contributed by atoms with van der Waals surface area (Å²) >= 11 is 0. The van der Waals surface area contributed by atoms with Crippen LogP contribution >= 0.6 is 0 Å². The van der Waals surface area contributed by atoms with Gasteiger partial charge in [0.2, 0.25) is 5.91 Å². The SMILES string of the molecule is COc1ccc([N+](=O)[O-])c2c1NC(=O)CCC2. The van der Waals surface area contributed by atoms with Crippen LogP contribution in [0.15, 0.2) is 12.1 Å². The van der Waals surface area contributed by atoms with Gasteiger partial charge in [-0.3, -0.25) is 14.9 Å². The molecule has 1 N–H and O–H groups in total. The minimum atomic E-state index is -0.435. The molecule has 1 amide bonds. The molecule has 0 unspecified atom stereocenters. The number of carbonyl (C=O) groups is 1. The minimum Gasteiger partial charge on any atom is -0.495 e. The number of carbonyl (C=O) groups excluding carboxylic acids is 1. The summed E-state index contributed by atoms with van der Waals surface area (Å²) in [5.74, 6) is 0.323. The molecule has 0 saturated carbocycles. The van der Waals surface area contributed by atoms with Crippen LogP contribution in [0.1, 0.15) is 18.4 Å². The standard InChI is InChI=1S/C11H12N2O4/c1-17-9-6-5-8(13(15)16)7-3-2-4-10(14)12-11(7)9/h5-6H,2-4H2,1H3,(H,12,14). The molecule has 0 fully saturated rings. The van der Waals surface area contributed by atoms with Crippen LogP contribution in [-0.2, 0) is 11.2 Å². The van der Waals surface area contributed by atoms with Crippen molar-refractivity contribution in [3.63, 3.8) is 0 Å². The zero-order valence-electron chi connectivity index (χ0n) is 9.36. The number of hydrogen-bond donors (Lipinski definition) is 1. The van der Waals surface area contributed by atoms with Crippen molar-refractivity contribution in [1.82, 2.24) is 0 Å². The largest absolute Gasteiger partial charge is 0.495 e. The molecule has 0 spiro atoms. The van der Waals surface area contributed by atoms with Gasteiger partial charge < -0.3 is 10.1 Å². The van der Waals surface area contributed by atoms with E-state index in [1.807, 2.05) is 0 Å². The van der Waals surface area contributed by atoms with Gasteiger partial charge >= 0.3 is 0 Å². The zero-order chi connectivity index (χ0) is 12.4. The fourth-order valence-electron chi connectivity index (χ4n) is 1.97. The van der Waals surface area contributed by atoms with Crippen molar-refractivity contribution < 1.29 is 14.5 Å². The topological polar surface area (TPSA) is 81.5 Å². The zero-order valence-corrected chi connectivity index (χ0v) is 9.36. The van der Waals surface area contributed by atoms with Gasteiger partial charge in [-0.2, -0.15) is 0 Å². The summed E-state index contributed by atoms with van der Waals surface area (Å²) < 4.78 is 5.11. The Hall–Kier alpha value is -2.11. The van der Waals surface area contributed by atoms with Gasteiger partial charge in [-0.05, 0) is 18.9 Å². The molecular formula is C11H12N2O4. The Kier molecular flexibility index (Phi) is 2.95. The highest BCUT2D eigenvalue weighted by molar-refractivity contribution is 5.95. The third kappa shape index (κ3) is 2.06. The van der Waals surface area contributed by atoms with Gasteiger partial charge in [-0.25, -0.2) is 0 Å². The molecular weight excluding hydrogens is 224 g/mol.